The van der Waals surface area contributed by atoms with Crippen LogP contribution in [0.2, 0.25) is 0 Å². The van der Waals surface area contributed by atoms with Crippen molar-refractivity contribution in [3.63, 3.8) is 0 Å². The molecule has 2 aliphatic rings. The van der Waals surface area contributed by atoms with Gasteiger partial charge in [0.15, 0.2) is 6.10 Å². The molecular formula is C26H23N3O6. The Morgan fingerprint density at radius 2 is 1.69 bits per heavy atom. The number of carbonyl (C=O) groups is 2. The maximum Gasteiger partial charge on any atom is 0.269 e. The Labute approximate surface area is 201 Å². The van der Waals surface area contributed by atoms with E-state index >= 15 is 0 Å². The van der Waals surface area contributed by atoms with E-state index in [1.807, 2.05) is 25.1 Å². The van der Waals surface area contributed by atoms with Crippen LogP contribution in [0.15, 0.2) is 78.9 Å². The zero-order chi connectivity index (χ0) is 24.5. The molecule has 0 N–H and O–H groups in total. The fraction of sp³-hybridized carbons (Fsp3) is 0.231. The highest BCUT2D eigenvalue weighted by Crippen LogP contribution is 2.48. The molecule has 0 aliphatic carbocycles. The average molecular weight is 473 g/mol. The van der Waals surface area contributed by atoms with E-state index in [1.54, 1.807) is 48.5 Å². The van der Waals surface area contributed by atoms with Crippen LogP contribution in [-0.2, 0) is 14.4 Å². The maximum atomic E-state index is 13.7. The van der Waals surface area contributed by atoms with Gasteiger partial charge in [0, 0.05) is 12.1 Å². The fourth-order valence-electron chi connectivity index (χ4n) is 4.54. The zero-order valence-corrected chi connectivity index (χ0v) is 18.9. The van der Waals surface area contributed by atoms with Crippen LogP contribution in [0.4, 0.5) is 17.1 Å². The van der Waals surface area contributed by atoms with Crippen LogP contribution < -0.4 is 14.7 Å². The summed E-state index contributed by atoms with van der Waals surface area (Å²) in [5.41, 5.74) is 1.48. The monoisotopic (exact) mass is 473 g/mol. The van der Waals surface area contributed by atoms with E-state index in [0.717, 1.165) is 11.3 Å². The zero-order valence-electron chi connectivity index (χ0n) is 18.9. The average Bonchev–Trinajstić information content (AvgIpc) is 3.39. The minimum Gasteiger partial charge on any atom is -0.494 e. The van der Waals surface area contributed by atoms with E-state index in [2.05, 4.69) is 0 Å². The third kappa shape index (κ3) is 4.00. The van der Waals surface area contributed by atoms with Crippen LogP contribution >= 0.6 is 0 Å². The van der Waals surface area contributed by atoms with Gasteiger partial charge >= 0.3 is 0 Å². The minimum atomic E-state index is -1.05. The molecule has 3 atom stereocenters. The molecule has 3 aromatic carbocycles. The highest BCUT2D eigenvalue weighted by Gasteiger charge is 2.60. The van der Waals surface area contributed by atoms with Crippen molar-refractivity contribution in [2.24, 2.45) is 5.92 Å². The molecule has 3 aromatic rings. The van der Waals surface area contributed by atoms with Gasteiger partial charge in [0.2, 0.25) is 5.91 Å². The molecular weight excluding hydrogens is 450 g/mol. The summed E-state index contributed by atoms with van der Waals surface area (Å²) in [5.74, 6) is -1.12. The molecule has 0 aromatic heterocycles. The van der Waals surface area contributed by atoms with Crippen molar-refractivity contribution in [3.05, 3.63) is 94.5 Å². The van der Waals surface area contributed by atoms with Gasteiger partial charge < -0.3 is 4.74 Å². The van der Waals surface area contributed by atoms with Crippen molar-refractivity contribution >= 4 is 28.9 Å². The molecule has 5 rings (SSSR count). The summed E-state index contributed by atoms with van der Waals surface area (Å²) in [6.45, 7) is 2.57. The highest BCUT2D eigenvalue weighted by molar-refractivity contribution is 6.23. The topological polar surface area (TPSA) is 102 Å². The molecule has 9 nitrogen and oxygen atoms in total. The Bertz CT molecular complexity index is 1260. The summed E-state index contributed by atoms with van der Waals surface area (Å²) in [6, 6.07) is 21.2. The number of hydroxylamine groups is 1. The third-order valence-corrected chi connectivity index (χ3v) is 6.12. The van der Waals surface area contributed by atoms with Crippen molar-refractivity contribution in [1.82, 2.24) is 0 Å². The number of imide groups is 1. The number of anilines is 2. The number of nitro benzene ring substituents is 1. The first-order valence-electron chi connectivity index (χ1n) is 11.4. The quantitative estimate of drug-likeness (QED) is 0.284. The Balaban J connectivity index is 1.52. The largest absolute Gasteiger partial charge is 0.494 e. The van der Waals surface area contributed by atoms with Gasteiger partial charge in [-0.25, -0.2) is 9.96 Å². The smallest absolute Gasteiger partial charge is 0.269 e. The second kappa shape index (κ2) is 9.19. The predicted octanol–water partition coefficient (Wildman–Crippen LogP) is 4.43. The number of nitrogens with zero attached hydrogens (tertiary/aromatic N) is 3. The first kappa shape index (κ1) is 22.5. The number of hydrogen-bond donors (Lipinski definition) is 0. The van der Waals surface area contributed by atoms with E-state index in [4.69, 9.17) is 9.57 Å². The number of para-hydroxylation sites is 1. The van der Waals surface area contributed by atoms with Gasteiger partial charge in [0.1, 0.15) is 11.7 Å². The van der Waals surface area contributed by atoms with Gasteiger partial charge in [-0.3, -0.25) is 24.5 Å². The van der Waals surface area contributed by atoms with E-state index in [1.165, 1.54) is 17.2 Å². The van der Waals surface area contributed by atoms with Crippen molar-refractivity contribution < 1.29 is 24.1 Å². The SMILES string of the molecule is CCCOc1ccc(N2C(=O)[C@H]3[C@@H](ON(c4ccccc4)[C@H]3c3cccc([N+](=O)[O-])c3)C2=O)cc1. The summed E-state index contributed by atoms with van der Waals surface area (Å²) < 4.78 is 5.59. The number of ether oxygens (including phenoxy) is 1. The lowest BCUT2D eigenvalue weighted by molar-refractivity contribution is -0.384. The number of fused-ring (bicyclic) bond motifs is 1. The molecule has 0 spiro atoms. The summed E-state index contributed by atoms with van der Waals surface area (Å²) in [5, 5.41) is 12.9. The molecule has 0 bridgehead atoms. The molecule has 178 valence electrons. The molecule has 0 saturated carbocycles. The van der Waals surface area contributed by atoms with Crippen molar-refractivity contribution in [3.8, 4) is 5.75 Å². The second-order valence-corrected chi connectivity index (χ2v) is 8.36. The van der Waals surface area contributed by atoms with Crippen molar-refractivity contribution in [1.29, 1.82) is 0 Å². The summed E-state index contributed by atoms with van der Waals surface area (Å²) in [4.78, 5) is 45.2. The van der Waals surface area contributed by atoms with Crippen LogP contribution in [0.25, 0.3) is 0 Å². The van der Waals surface area contributed by atoms with Gasteiger partial charge in [0.25, 0.3) is 11.6 Å². The maximum absolute atomic E-state index is 13.7. The number of amides is 2. The Kier molecular flexibility index (Phi) is 5.92. The van der Waals surface area contributed by atoms with Crippen LogP contribution in [0.1, 0.15) is 24.9 Å². The molecule has 2 aliphatic heterocycles. The summed E-state index contributed by atoms with van der Waals surface area (Å²) in [7, 11) is 0. The number of hydrogen-bond acceptors (Lipinski definition) is 7. The minimum absolute atomic E-state index is 0.102. The Hall–Kier alpha value is -4.24. The fourth-order valence-corrected chi connectivity index (χ4v) is 4.54. The van der Waals surface area contributed by atoms with Gasteiger partial charge in [-0.05, 0) is 48.4 Å². The van der Waals surface area contributed by atoms with Crippen LogP contribution in [0.5, 0.6) is 5.75 Å². The Morgan fingerprint density at radius 3 is 2.37 bits per heavy atom. The first-order valence-corrected chi connectivity index (χ1v) is 11.4. The highest BCUT2D eigenvalue weighted by atomic mass is 16.7. The summed E-state index contributed by atoms with van der Waals surface area (Å²) >= 11 is 0. The standard InChI is InChI=1S/C26H23N3O6/c1-2-15-34-21-13-11-18(12-14-21)27-25(30)22-23(17-7-6-10-20(16-17)29(32)33)28(35-24(22)26(27)31)19-8-4-3-5-9-19/h3-14,16,22-24H,2,15H2,1H3/t22-,23+,24-/m1/s1. The molecule has 35 heavy (non-hydrogen) atoms. The van der Waals surface area contributed by atoms with Gasteiger partial charge in [0.05, 0.1) is 28.9 Å². The summed E-state index contributed by atoms with van der Waals surface area (Å²) in [6.07, 6.45) is -0.189. The van der Waals surface area contributed by atoms with E-state index in [0.29, 0.717) is 29.3 Å². The number of nitro groups is 1. The van der Waals surface area contributed by atoms with Crippen LogP contribution in [-0.4, -0.2) is 29.4 Å². The van der Waals surface area contributed by atoms with E-state index in [-0.39, 0.29) is 5.69 Å². The molecule has 2 saturated heterocycles. The molecule has 9 heteroatoms. The van der Waals surface area contributed by atoms with Crippen molar-refractivity contribution in [2.75, 3.05) is 16.6 Å². The normalized spacial score (nSPS) is 21.3. The van der Waals surface area contributed by atoms with E-state index in [9.17, 15) is 19.7 Å². The number of non-ortho nitro benzene ring substituents is 1. The van der Waals surface area contributed by atoms with Gasteiger partial charge in [-0.15, -0.1) is 0 Å². The third-order valence-electron chi connectivity index (χ3n) is 6.12. The van der Waals surface area contributed by atoms with Gasteiger partial charge in [-0.1, -0.05) is 37.3 Å². The number of rotatable bonds is 7. The van der Waals surface area contributed by atoms with Gasteiger partial charge in [-0.2, -0.15) is 0 Å². The van der Waals surface area contributed by atoms with Crippen LogP contribution in [0.3, 0.4) is 0 Å². The van der Waals surface area contributed by atoms with Crippen molar-refractivity contribution in [2.45, 2.75) is 25.5 Å². The van der Waals surface area contributed by atoms with E-state index < -0.39 is 34.8 Å². The Morgan fingerprint density at radius 1 is 0.943 bits per heavy atom. The lowest BCUT2D eigenvalue weighted by Crippen LogP contribution is -2.37. The second-order valence-electron chi connectivity index (χ2n) is 8.36. The molecule has 2 amide bonds. The predicted molar refractivity (Wildman–Crippen MR) is 128 cm³/mol. The molecule has 0 unspecified atom stereocenters. The lowest BCUT2D eigenvalue weighted by Gasteiger charge is -2.28. The molecule has 2 fully saturated rings. The number of carbonyl (C=O) groups excluding carboxylic acids is 2. The molecule has 2 heterocycles. The first-order chi connectivity index (χ1) is 17.0. The lowest BCUT2D eigenvalue weighted by atomic mass is 9.90. The number of benzene rings is 3. The van der Waals surface area contributed by atoms with Crippen LogP contribution in [0, 0.1) is 16.0 Å². The molecule has 0 radical (unpaired) electrons.